The molecule has 2 rings (SSSR count). The smallest absolute Gasteiger partial charge is 0.225 e. The van der Waals surface area contributed by atoms with E-state index in [9.17, 15) is 4.79 Å². The van der Waals surface area contributed by atoms with E-state index < -0.39 is 0 Å². The predicted molar refractivity (Wildman–Crippen MR) is 93.4 cm³/mol. The number of aromatic nitrogens is 1. The molecule has 1 amide bonds. The fraction of sp³-hybridized carbons (Fsp3) is 0.765. The molecule has 0 saturated carbocycles. The third kappa shape index (κ3) is 5.06. The van der Waals surface area contributed by atoms with Gasteiger partial charge in [0.2, 0.25) is 5.91 Å². The van der Waals surface area contributed by atoms with Gasteiger partial charge in [-0.3, -0.25) is 4.79 Å². The van der Waals surface area contributed by atoms with Crippen LogP contribution in [-0.2, 0) is 11.2 Å². The molecular weight excluding hydrogens is 294 g/mol. The fourth-order valence-electron chi connectivity index (χ4n) is 3.14. The molecule has 1 aromatic heterocycles. The van der Waals surface area contributed by atoms with Crippen LogP contribution in [0.2, 0.25) is 0 Å². The molecule has 0 bridgehead atoms. The normalized spacial score (nSPS) is 17.7. The van der Waals surface area contributed by atoms with Crippen LogP contribution in [0.25, 0.3) is 0 Å². The summed E-state index contributed by atoms with van der Waals surface area (Å²) >= 11 is 1.59. The van der Waals surface area contributed by atoms with Gasteiger partial charge < -0.3 is 10.6 Å². The zero-order chi connectivity index (χ0) is 16.1. The fourth-order valence-corrected chi connectivity index (χ4v) is 4.01. The van der Waals surface area contributed by atoms with Crippen LogP contribution in [0.1, 0.15) is 50.7 Å². The molecule has 1 atom stereocenters. The van der Waals surface area contributed by atoms with Crippen LogP contribution in [0.5, 0.6) is 0 Å². The molecule has 2 heterocycles. The molecule has 5 heteroatoms. The Kier molecular flexibility index (Phi) is 6.38. The number of amides is 1. The lowest BCUT2D eigenvalue weighted by atomic mass is 9.84. The topological polar surface area (TPSA) is 54.0 Å². The predicted octanol–water partition coefficient (Wildman–Crippen LogP) is 3.61. The number of thiazole rings is 1. The quantitative estimate of drug-likeness (QED) is 0.841. The largest absolute Gasteiger partial charge is 0.317 e. The highest BCUT2D eigenvalue weighted by molar-refractivity contribution is 7.16. The maximum Gasteiger partial charge on any atom is 0.225 e. The number of piperidine rings is 1. The van der Waals surface area contributed by atoms with Gasteiger partial charge in [-0.25, -0.2) is 4.98 Å². The Balaban J connectivity index is 1.91. The summed E-state index contributed by atoms with van der Waals surface area (Å²) < 4.78 is 0. The Labute approximate surface area is 138 Å². The van der Waals surface area contributed by atoms with E-state index in [1.165, 1.54) is 12.8 Å². The second kappa shape index (κ2) is 8.06. The third-order valence-electron chi connectivity index (χ3n) is 4.35. The van der Waals surface area contributed by atoms with Crippen LogP contribution in [-0.4, -0.2) is 24.0 Å². The number of nitrogens with zero attached hydrogens (tertiary/aromatic N) is 1. The van der Waals surface area contributed by atoms with Gasteiger partial charge in [0, 0.05) is 6.42 Å². The van der Waals surface area contributed by atoms with Crippen LogP contribution < -0.4 is 10.6 Å². The molecule has 1 aliphatic rings. The lowest BCUT2D eigenvalue weighted by Crippen LogP contribution is -2.32. The molecule has 0 radical (unpaired) electrons. The molecule has 0 spiro atoms. The van der Waals surface area contributed by atoms with E-state index in [1.54, 1.807) is 11.3 Å². The van der Waals surface area contributed by atoms with Gasteiger partial charge in [0.05, 0.1) is 10.7 Å². The number of aryl methyl sites for hydroxylation is 1. The first-order valence-corrected chi connectivity index (χ1v) is 9.24. The molecule has 0 aromatic carbocycles. The standard InChI is InChI=1S/C17H29N3OS/c1-11(2)9-15-17(22-13(4)19-15)20-16(21)10-12(3)14-5-7-18-8-6-14/h11-12,14,18H,5-10H2,1-4H3,(H,20,21). The lowest BCUT2D eigenvalue weighted by molar-refractivity contribution is -0.117. The van der Waals surface area contributed by atoms with Crippen molar-refractivity contribution < 1.29 is 4.79 Å². The molecular formula is C17H29N3OS. The summed E-state index contributed by atoms with van der Waals surface area (Å²) in [5.41, 5.74) is 1.04. The second-order valence-electron chi connectivity index (χ2n) is 6.92. The van der Waals surface area contributed by atoms with Gasteiger partial charge in [0.1, 0.15) is 5.00 Å². The Morgan fingerprint density at radius 2 is 2.05 bits per heavy atom. The second-order valence-corrected chi connectivity index (χ2v) is 8.13. The minimum Gasteiger partial charge on any atom is -0.317 e. The first kappa shape index (κ1) is 17.4. The van der Waals surface area contributed by atoms with Gasteiger partial charge in [-0.1, -0.05) is 20.8 Å². The average Bonchev–Trinajstić information content (AvgIpc) is 2.78. The van der Waals surface area contributed by atoms with Crippen molar-refractivity contribution in [3.8, 4) is 0 Å². The number of carbonyl (C=O) groups is 1. The third-order valence-corrected chi connectivity index (χ3v) is 5.28. The first-order chi connectivity index (χ1) is 10.5. The molecule has 22 heavy (non-hydrogen) atoms. The van der Waals surface area contributed by atoms with E-state index in [4.69, 9.17) is 0 Å². The summed E-state index contributed by atoms with van der Waals surface area (Å²) in [4.78, 5) is 16.9. The van der Waals surface area contributed by atoms with Gasteiger partial charge in [0.25, 0.3) is 0 Å². The van der Waals surface area contributed by atoms with Gasteiger partial charge >= 0.3 is 0 Å². The van der Waals surface area contributed by atoms with Crippen molar-refractivity contribution in [2.75, 3.05) is 18.4 Å². The highest BCUT2D eigenvalue weighted by Gasteiger charge is 2.23. The molecule has 4 nitrogen and oxygen atoms in total. The molecule has 1 aromatic rings. The van der Waals surface area contributed by atoms with Crippen LogP contribution in [0.4, 0.5) is 5.00 Å². The van der Waals surface area contributed by atoms with Gasteiger partial charge in [-0.15, -0.1) is 11.3 Å². The Hall–Kier alpha value is -0.940. The van der Waals surface area contributed by atoms with E-state index in [0.29, 0.717) is 24.2 Å². The van der Waals surface area contributed by atoms with Crippen molar-refractivity contribution in [1.29, 1.82) is 0 Å². The number of hydrogen-bond donors (Lipinski definition) is 2. The molecule has 0 aliphatic carbocycles. The van der Waals surface area contributed by atoms with Gasteiger partial charge in [-0.2, -0.15) is 0 Å². The monoisotopic (exact) mass is 323 g/mol. The van der Waals surface area contributed by atoms with Crippen LogP contribution in [0.15, 0.2) is 0 Å². The van der Waals surface area contributed by atoms with Crippen LogP contribution in [0.3, 0.4) is 0 Å². The number of carbonyl (C=O) groups excluding carboxylic acids is 1. The zero-order valence-electron chi connectivity index (χ0n) is 14.2. The maximum absolute atomic E-state index is 12.4. The summed E-state index contributed by atoms with van der Waals surface area (Å²) in [5.74, 6) is 1.81. The number of hydrogen-bond acceptors (Lipinski definition) is 4. The van der Waals surface area contributed by atoms with E-state index in [1.807, 2.05) is 6.92 Å². The summed E-state index contributed by atoms with van der Waals surface area (Å²) in [7, 11) is 0. The summed E-state index contributed by atoms with van der Waals surface area (Å²) in [6.45, 7) is 10.7. The molecule has 1 saturated heterocycles. The van der Waals surface area contributed by atoms with Crippen LogP contribution >= 0.6 is 11.3 Å². The van der Waals surface area contributed by atoms with Crippen molar-refractivity contribution in [3.05, 3.63) is 10.7 Å². The van der Waals surface area contributed by atoms with Crippen molar-refractivity contribution >= 4 is 22.2 Å². The van der Waals surface area contributed by atoms with Gasteiger partial charge in [-0.05, 0) is 57.0 Å². The Bertz CT molecular complexity index is 492. The molecule has 1 unspecified atom stereocenters. The van der Waals surface area contributed by atoms with E-state index in [-0.39, 0.29) is 5.91 Å². The summed E-state index contributed by atoms with van der Waals surface area (Å²) in [6.07, 6.45) is 3.91. The minimum atomic E-state index is 0.139. The molecule has 1 fully saturated rings. The van der Waals surface area contributed by atoms with E-state index in [0.717, 1.165) is 35.2 Å². The Morgan fingerprint density at radius 3 is 2.68 bits per heavy atom. The first-order valence-electron chi connectivity index (χ1n) is 8.42. The average molecular weight is 324 g/mol. The van der Waals surface area contributed by atoms with E-state index >= 15 is 0 Å². The molecule has 124 valence electrons. The van der Waals surface area contributed by atoms with Crippen molar-refractivity contribution in [2.24, 2.45) is 17.8 Å². The van der Waals surface area contributed by atoms with E-state index in [2.05, 4.69) is 36.4 Å². The minimum absolute atomic E-state index is 0.139. The molecule has 1 aliphatic heterocycles. The Morgan fingerprint density at radius 1 is 1.36 bits per heavy atom. The van der Waals surface area contributed by atoms with Crippen molar-refractivity contribution in [3.63, 3.8) is 0 Å². The summed E-state index contributed by atoms with van der Waals surface area (Å²) in [5, 5.41) is 8.47. The summed E-state index contributed by atoms with van der Waals surface area (Å²) in [6, 6.07) is 0. The van der Waals surface area contributed by atoms with Gasteiger partial charge in [0.15, 0.2) is 0 Å². The number of nitrogens with one attached hydrogen (secondary N) is 2. The highest BCUT2D eigenvalue weighted by atomic mass is 32.1. The lowest BCUT2D eigenvalue weighted by Gasteiger charge is -2.27. The zero-order valence-corrected chi connectivity index (χ0v) is 15.1. The van der Waals surface area contributed by atoms with Crippen molar-refractivity contribution in [2.45, 2.75) is 53.4 Å². The number of anilines is 1. The SMILES string of the molecule is Cc1nc(CC(C)C)c(NC(=O)CC(C)C2CCNCC2)s1. The van der Waals surface area contributed by atoms with Crippen molar-refractivity contribution in [1.82, 2.24) is 10.3 Å². The number of rotatable bonds is 6. The van der Waals surface area contributed by atoms with Crippen LogP contribution in [0, 0.1) is 24.7 Å². The maximum atomic E-state index is 12.4. The highest BCUT2D eigenvalue weighted by Crippen LogP contribution is 2.28. The molecule has 2 N–H and O–H groups in total.